The number of nitriles is 1. The molecule has 4 aromatic carbocycles. The van der Waals surface area contributed by atoms with Crippen LogP contribution in [-0.4, -0.2) is 9.97 Å². The third-order valence-corrected chi connectivity index (χ3v) is 6.19. The first kappa shape index (κ1) is 19.6. The Morgan fingerprint density at radius 2 is 1.35 bits per heavy atom. The van der Waals surface area contributed by atoms with Crippen molar-refractivity contribution in [3.8, 4) is 28.6 Å². The van der Waals surface area contributed by atoms with Gasteiger partial charge in [0.15, 0.2) is 5.69 Å². The SMILES string of the molecule is [C-]#[N+]c1ccnc(-c2c3ccccc3c(-c3cc(C#N)ccn3)c3ccc4ccccc4c23)c1. The Morgan fingerprint density at radius 1 is 0.676 bits per heavy atom. The van der Waals surface area contributed by atoms with Gasteiger partial charge < -0.3 is 0 Å². The fourth-order valence-corrected chi connectivity index (χ4v) is 4.75. The number of fused-ring (bicyclic) bond motifs is 4. The second-order valence-electron chi connectivity index (χ2n) is 8.06. The van der Waals surface area contributed by atoms with E-state index in [4.69, 9.17) is 11.6 Å². The number of pyridine rings is 2. The lowest BCUT2D eigenvalue weighted by molar-refractivity contribution is 1.32. The van der Waals surface area contributed by atoms with E-state index in [0.717, 1.165) is 54.8 Å². The molecule has 0 spiro atoms. The van der Waals surface area contributed by atoms with Crippen LogP contribution in [0.15, 0.2) is 97.3 Å². The van der Waals surface area contributed by atoms with Crippen LogP contribution in [0.5, 0.6) is 0 Å². The van der Waals surface area contributed by atoms with Crippen molar-refractivity contribution in [2.24, 2.45) is 0 Å². The molecule has 0 N–H and O–H groups in total. The molecule has 0 saturated carbocycles. The lowest BCUT2D eigenvalue weighted by Gasteiger charge is -2.18. The molecule has 2 heterocycles. The van der Waals surface area contributed by atoms with Crippen molar-refractivity contribution in [1.29, 1.82) is 5.26 Å². The average molecular weight is 432 g/mol. The predicted molar refractivity (Wildman–Crippen MR) is 136 cm³/mol. The zero-order valence-electron chi connectivity index (χ0n) is 18.0. The summed E-state index contributed by atoms with van der Waals surface area (Å²) in [7, 11) is 0. The van der Waals surface area contributed by atoms with E-state index in [1.54, 1.807) is 24.5 Å². The molecule has 0 atom stereocenters. The van der Waals surface area contributed by atoms with Gasteiger partial charge >= 0.3 is 0 Å². The van der Waals surface area contributed by atoms with Gasteiger partial charge in [-0.1, -0.05) is 60.7 Å². The minimum Gasteiger partial charge on any atom is -0.259 e. The van der Waals surface area contributed by atoms with Crippen LogP contribution < -0.4 is 0 Å². The molecule has 0 radical (unpaired) electrons. The highest BCUT2D eigenvalue weighted by Gasteiger charge is 2.20. The van der Waals surface area contributed by atoms with E-state index in [0.29, 0.717) is 11.3 Å². The smallest absolute Gasteiger partial charge is 0.190 e. The highest BCUT2D eigenvalue weighted by molar-refractivity contribution is 6.27. The summed E-state index contributed by atoms with van der Waals surface area (Å²) < 4.78 is 0. The van der Waals surface area contributed by atoms with Gasteiger partial charge in [-0.25, -0.2) is 4.85 Å². The van der Waals surface area contributed by atoms with Crippen LogP contribution in [0.3, 0.4) is 0 Å². The van der Waals surface area contributed by atoms with E-state index in [9.17, 15) is 5.26 Å². The van der Waals surface area contributed by atoms with Crippen LogP contribution in [0.25, 0.3) is 59.7 Å². The molecule has 0 fully saturated rings. The number of hydrogen-bond acceptors (Lipinski definition) is 3. The normalized spacial score (nSPS) is 10.9. The van der Waals surface area contributed by atoms with Crippen molar-refractivity contribution in [3.63, 3.8) is 0 Å². The summed E-state index contributed by atoms with van der Waals surface area (Å²) in [5.74, 6) is 0. The third-order valence-electron chi connectivity index (χ3n) is 6.19. The zero-order valence-corrected chi connectivity index (χ0v) is 18.0. The minimum absolute atomic E-state index is 0.551. The molecule has 0 amide bonds. The number of nitrogens with zero attached hydrogens (tertiary/aromatic N) is 4. The van der Waals surface area contributed by atoms with Crippen LogP contribution in [0.1, 0.15) is 5.56 Å². The summed E-state index contributed by atoms with van der Waals surface area (Å²) in [4.78, 5) is 13.0. The predicted octanol–water partition coefficient (Wildman–Crippen LogP) is 7.69. The Labute approximate surface area is 196 Å². The molecule has 0 aliphatic carbocycles. The molecule has 0 bridgehead atoms. The van der Waals surface area contributed by atoms with Crippen LogP contribution in [-0.2, 0) is 0 Å². The molecule has 6 aromatic rings. The first-order valence-corrected chi connectivity index (χ1v) is 10.8. The van der Waals surface area contributed by atoms with Crippen LogP contribution >= 0.6 is 0 Å². The van der Waals surface area contributed by atoms with E-state index in [-0.39, 0.29) is 0 Å². The number of rotatable bonds is 2. The number of aromatic nitrogens is 2. The van der Waals surface area contributed by atoms with E-state index in [1.165, 1.54) is 0 Å². The summed E-state index contributed by atoms with van der Waals surface area (Å²) in [5, 5.41) is 15.9. The first-order valence-electron chi connectivity index (χ1n) is 10.8. The fourth-order valence-electron chi connectivity index (χ4n) is 4.75. The van der Waals surface area contributed by atoms with Gasteiger partial charge in [0.1, 0.15) is 0 Å². The van der Waals surface area contributed by atoms with Crippen molar-refractivity contribution in [2.45, 2.75) is 0 Å². The van der Waals surface area contributed by atoms with Crippen LogP contribution in [0.4, 0.5) is 5.69 Å². The maximum Gasteiger partial charge on any atom is 0.190 e. The summed E-state index contributed by atoms with van der Waals surface area (Å²) in [5.41, 5.74) is 4.61. The fraction of sp³-hybridized carbons (Fsp3) is 0. The molecule has 156 valence electrons. The molecular formula is C30H16N4. The third kappa shape index (κ3) is 2.98. The molecule has 4 nitrogen and oxygen atoms in total. The quantitative estimate of drug-likeness (QED) is 0.160. The Kier molecular flexibility index (Phi) is 4.51. The first-order chi connectivity index (χ1) is 16.8. The largest absolute Gasteiger partial charge is 0.259 e. The van der Waals surface area contributed by atoms with Crippen molar-refractivity contribution in [2.75, 3.05) is 0 Å². The van der Waals surface area contributed by atoms with Gasteiger partial charge in [-0.15, -0.1) is 0 Å². The molecule has 6 rings (SSSR count). The topological polar surface area (TPSA) is 53.9 Å². The van der Waals surface area contributed by atoms with E-state index < -0.39 is 0 Å². The second kappa shape index (κ2) is 7.81. The summed E-state index contributed by atoms with van der Waals surface area (Å²) in [6.45, 7) is 7.51. The van der Waals surface area contributed by atoms with Gasteiger partial charge in [0.25, 0.3) is 0 Å². The highest BCUT2D eigenvalue weighted by atomic mass is 14.7. The van der Waals surface area contributed by atoms with E-state index in [2.05, 4.69) is 52.3 Å². The Morgan fingerprint density at radius 3 is 2.12 bits per heavy atom. The lowest BCUT2D eigenvalue weighted by Crippen LogP contribution is -1.94. The van der Waals surface area contributed by atoms with Crippen molar-refractivity contribution >= 4 is 38.0 Å². The van der Waals surface area contributed by atoms with E-state index in [1.807, 2.05) is 36.4 Å². The average Bonchev–Trinajstić information content (AvgIpc) is 2.91. The van der Waals surface area contributed by atoms with Crippen LogP contribution in [0, 0.1) is 17.9 Å². The summed E-state index contributed by atoms with van der Waals surface area (Å²) in [6.07, 6.45) is 3.38. The number of benzene rings is 4. The Hall–Kier alpha value is -5.06. The molecule has 0 aliphatic heterocycles. The van der Waals surface area contributed by atoms with Gasteiger partial charge in [-0.2, -0.15) is 5.26 Å². The number of hydrogen-bond donors (Lipinski definition) is 0. The van der Waals surface area contributed by atoms with Gasteiger partial charge in [-0.05, 0) is 51.2 Å². The zero-order chi connectivity index (χ0) is 23.1. The molecule has 34 heavy (non-hydrogen) atoms. The molecule has 0 aliphatic rings. The minimum atomic E-state index is 0.551. The van der Waals surface area contributed by atoms with Crippen molar-refractivity contribution in [3.05, 3.63) is 114 Å². The van der Waals surface area contributed by atoms with Crippen LogP contribution in [0.2, 0.25) is 0 Å². The summed E-state index contributed by atoms with van der Waals surface area (Å²) in [6, 6.07) is 30.1. The van der Waals surface area contributed by atoms with Crippen molar-refractivity contribution in [1.82, 2.24) is 9.97 Å². The molecule has 0 saturated heterocycles. The summed E-state index contributed by atoms with van der Waals surface area (Å²) >= 11 is 0. The molecule has 2 aromatic heterocycles. The maximum absolute atomic E-state index is 9.51. The maximum atomic E-state index is 9.51. The molecular weight excluding hydrogens is 416 g/mol. The van der Waals surface area contributed by atoms with Gasteiger partial charge in [0.05, 0.1) is 29.6 Å². The highest BCUT2D eigenvalue weighted by Crippen LogP contribution is 2.45. The lowest BCUT2D eigenvalue weighted by atomic mass is 9.86. The Balaban J connectivity index is 1.89. The van der Waals surface area contributed by atoms with Gasteiger partial charge in [-0.3, -0.25) is 9.97 Å². The monoisotopic (exact) mass is 432 g/mol. The van der Waals surface area contributed by atoms with Gasteiger partial charge in [0.2, 0.25) is 0 Å². The second-order valence-corrected chi connectivity index (χ2v) is 8.06. The Bertz CT molecular complexity index is 1840. The van der Waals surface area contributed by atoms with Crippen molar-refractivity contribution < 1.29 is 0 Å². The van der Waals surface area contributed by atoms with E-state index >= 15 is 0 Å². The molecule has 4 heteroatoms. The molecule has 0 unspecified atom stereocenters. The standard InChI is InChI=1S/C30H16N4/c1-32-21-13-15-34-27(17-21)30-24-9-5-4-8-23(24)28(26-16-19(18-31)12-14-33-26)25-11-10-20-6-2-3-7-22(20)29(25)30/h2-17H. The van der Waals surface area contributed by atoms with Gasteiger partial charge in [0, 0.05) is 28.9 Å².